The maximum atomic E-state index is 13.1. The number of rotatable bonds is 5. The lowest BCUT2D eigenvalue weighted by Gasteiger charge is -2.34. The van der Waals surface area contributed by atoms with Crippen molar-refractivity contribution in [2.75, 3.05) is 11.9 Å². The van der Waals surface area contributed by atoms with Crippen LogP contribution in [0.15, 0.2) is 42.9 Å². The lowest BCUT2D eigenvalue weighted by Crippen LogP contribution is -2.46. The minimum absolute atomic E-state index is 0.0484. The Kier molecular flexibility index (Phi) is 5.34. The molecule has 1 N–H and O–H groups in total. The second-order valence-electron chi connectivity index (χ2n) is 7.69. The van der Waals surface area contributed by atoms with Gasteiger partial charge in [0.15, 0.2) is 5.65 Å². The third-order valence-corrected chi connectivity index (χ3v) is 5.26. The molecule has 3 aromatic heterocycles. The van der Waals surface area contributed by atoms with E-state index >= 15 is 0 Å². The molecule has 7 nitrogen and oxygen atoms in total. The van der Waals surface area contributed by atoms with E-state index in [4.69, 9.17) is 0 Å². The first-order chi connectivity index (χ1) is 13.6. The molecule has 0 bridgehead atoms. The lowest BCUT2D eigenvalue weighted by molar-refractivity contribution is -0.122. The Balaban J connectivity index is 1.51. The van der Waals surface area contributed by atoms with Crippen LogP contribution < -0.4 is 5.32 Å². The van der Waals surface area contributed by atoms with Gasteiger partial charge in [0.1, 0.15) is 5.82 Å². The average molecular weight is 378 g/mol. The molecule has 0 aliphatic carbocycles. The summed E-state index contributed by atoms with van der Waals surface area (Å²) < 4.78 is 1.95. The normalized spacial score (nSPS) is 17.9. The van der Waals surface area contributed by atoms with Crippen molar-refractivity contribution in [1.29, 1.82) is 0 Å². The van der Waals surface area contributed by atoms with Crippen molar-refractivity contribution in [2.45, 2.75) is 51.6 Å². The van der Waals surface area contributed by atoms with E-state index in [0.29, 0.717) is 0 Å². The fourth-order valence-corrected chi connectivity index (χ4v) is 3.80. The van der Waals surface area contributed by atoms with E-state index in [9.17, 15) is 4.79 Å². The van der Waals surface area contributed by atoms with Crippen LogP contribution in [-0.2, 0) is 11.3 Å². The fourth-order valence-electron chi connectivity index (χ4n) is 3.80. The smallest absolute Gasteiger partial charge is 0.241 e. The first-order valence-electron chi connectivity index (χ1n) is 9.90. The third-order valence-electron chi connectivity index (χ3n) is 5.26. The van der Waals surface area contributed by atoms with Crippen molar-refractivity contribution in [3.63, 3.8) is 0 Å². The van der Waals surface area contributed by atoms with Crippen molar-refractivity contribution < 1.29 is 4.79 Å². The molecule has 28 heavy (non-hydrogen) atoms. The summed E-state index contributed by atoms with van der Waals surface area (Å²) in [6.07, 6.45) is 8.60. The molecule has 1 saturated heterocycles. The highest BCUT2D eigenvalue weighted by Gasteiger charge is 2.28. The van der Waals surface area contributed by atoms with Crippen molar-refractivity contribution in [3.05, 3.63) is 54.2 Å². The van der Waals surface area contributed by atoms with Crippen LogP contribution in [0.1, 0.15) is 50.4 Å². The number of piperidine rings is 1. The van der Waals surface area contributed by atoms with Crippen LogP contribution in [0.25, 0.3) is 5.65 Å². The van der Waals surface area contributed by atoms with Crippen LogP contribution in [0.4, 0.5) is 5.69 Å². The van der Waals surface area contributed by atoms with E-state index in [2.05, 4.69) is 39.2 Å². The number of hydrogen-bond donors (Lipinski definition) is 1. The van der Waals surface area contributed by atoms with Crippen molar-refractivity contribution in [1.82, 2.24) is 24.5 Å². The molecule has 1 atom stereocenters. The zero-order valence-electron chi connectivity index (χ0n) is 16.4. The predicted octanol–water partition coefficient (Wildman–Crippen LogP) is 3.24. The van der Waals surface area contributed by atoms with Crippen LogP contribution in [0.5, 0.6) is 0 Å². The van der Waals surface area contributed by atoms with Gasteiger partial charge < -0.3 is 5.32 Å². The fraction of sp³-hybridized carbons (Fsp3) is 0.429. The average Bonchev–Trinajstić information content (AvgIpc) is 3.13. The lowest BCUT2D eigenvalue weighted by atomic mass is 10.0. The van der Waals surface area contributed by atoms with Gasteiger partial charge in [0.25, 0.3) is 0 Å². The van der Waals surface area contributed by atoms with E-state index in [1.807, 2.05) is 34.9 Å². The Morgan fingerprint density at radius 2 is 2.00 bits per heavy atom. The highest BCUT2D eigenvalue weighted by molar-refractivity contribution is 5.94. The van der Waals surface area contributed by atoms with Crippen molar-refractivity contribution >= 4 is 17.2 Å². The standard InChI is InChI=1S/C21H26N6O/c1-15(2)20-25-24-19-7-6-17(14-27(19)20)23-21(28)18-5-3-4-12-26(18)13-16-8-10-22-11-9-16/h6-11,14-15,18H,3-5,12-13H2,1-2H3,(H,23,28). The quantitative estimate of drug-likeness (QED) is 0.738. The predicted molar refractivity (Wildman–Crippen MR) is 108 cm³/mol. The van der Waals surface area contributed by atoms with Gasteiger partial charge in [-0.15, -0.1) is 10.2 Å². The number of aromatic nitrogens is 4. The molecule has 0 saturated carbocycles. The number of anilines is 1. The summed E-state index contributed by atoms with van der Waals surface area (Å²) in [5.41, 5.74) is 2.74. The Morgan fingerprint density at radius 1 is 1.18 bits per heavy atom. The number of carbonyl (C=O) groups excluding carboxylic acids is 1. The van der Waals surface area contributed by atoms with Gasteiger partial charge in [-0.2, -0.15) is 0 Å². The van der Waals surface area contributed by atoms with Crippen LogP contribution in [0.3, 0.4) is 0 Å². The van der Waals surface area contributed by atoms with Gasteiger partial charge in [0, 0.05) is 31.1 Å². The largest absolute Gasteiger partial charge is 0.323 e. The number of nitrogens with zero attached hydrogens (tertiary/aromatic N) is 5. The SMILES string of the molecule is CC(C)c1nnc2ccc(NC(=O)C3CCCCN3Cc3ccncc3)cn12. The topological polar surface area (TPSA) is 75.4 Å². The number of nitrogens with one attached hydrogen (secondary N) is 1. The number of fused-ring (bicyclic) bond motifs is 1. The molecule has 4 heterocycles. The first kappa shape index (κ1) is 18.6. The molecule has 0 radical (unpaired) electrons. The van der Waals surface area contributed by atoms with Crippen LogP contribution >= 0.6 is 0 Å². The van der Waals surface area contributed by atoms with Crippen molar-refractivity contribution in [3.8, 4) is 0 Å². The molecular formula is C21H26N6O. The molecule has 1 aliphatic rings. The summed E-state index contributed by atoms with van der Waals surface area (Å²) in [5.74, 6) is 1.20. The summed E-state index contributed by atoms with van der Waals surface area (Å²) >= 11 is 0. The van der Waals surface area contributed by atoms with E-state index in [1.54, 1.807) is 12.4 Å². The highest BCUT2D eigenvalue weighted by atomic mass is 16.2. The van der Waals surface area contributed by atoms with Crippen LogP contribution in [0, 0.1) is 0 Å². The van der Waals surface area contributed by atoms with Crippen LogP contribution in [0.2, 0.25) is 0 Å². The molecular weight excluding hydrogens is 352 g/mol. The molecule has 1 aliphatic heterocycles. The Labute approximate surface area is 164 Å². The number of pyridine rings is 2. The zero-order valence-corrected chi connectivity index (χ0v) is 16.4. The zero-order chi connectivity index (χ0) is 19.5. The number of hydrogen-bond acceptors (Lipinski definition) is 5. The molecule has 146 valence electrons. The second kappa shape index (κ2) is 8.06. The van der Waals surface area contributed by atoms with Gasteiger partial charge in [-0.1, -0.05) is 20.3 Å². The summed E-state index contributed by atoms with van der Waals surface area (Å²) in [7, 11) is 0. The molecule has 0 spiro atoms. The van der Waals surface area contributed by atoms with Crippen molar-refractivity contribution in [2.24, 2.45) is 0 Å². The molecule has 1 amide bonds. The van der Waals surface area contributed by atoms with E-state index in [1.165, 1.54) is 5.56 Å². The maximum Gasteiger partial charge on any atom is 0.241 e. The van der Waals surface area contributed by atoms with Gasteiger partial charge in [-0.05, 0) is 49.2 Å². The minimum atomic E-state index is -0.122. The number of carbonyl (C=O) groups is 1. The van der Waals surface area contributed by atoms with Gasteiger partial charge in [0.05, 0.1) is 11.7 Å². The summed E-state index contributed by atoms with van der Waals surface area (Å²) in [6, 6.07) is 7.68. The Morgan fingerprint density at radius 3 is 2.79 bits per heavy atom. The molecule has 7 heteroatoms. The first-order valence-corrected chi connectivity index (χ1v) is 9.90. The molecule has 4 rings (SSSR count). The van der Waals surface area contributed by atoms with E-state index in [0.717, 1.165) is 49.5 Å². The number of amides is 1. The summed E-state index contributed by atoms with van der Waals surface area (Å²) in [5, 5.41) is 11.6. The minimum Gasteiger partial charge on any atom is -0.323 e. The third kappa shape index (κ3) is 3.89. The van der Waals surface area contributed by atoms with Gasteiger partial charge >= 0.3 is 0 Å². The van der Waals surface area contributed by atoms with Gasteiger partial charge in [-0.3, -0.25) is 19.1 Å². The second-order valence-corrected chi connectivity index (χ2v) is 7.69. The monoisotopic (exact) mass is 378 g/mol. The highest BCUT2D eigenvalue weighted by Crippen LogP contribution is 2.22. The molecule has 3 aromatic rings. The van der Waals surface area contributed by atoms with E-state index < -0.39 is 0 Å². The van der Waals surface area contributed by atoms with Gasteiger partial charge in [0.2, 0.25) is 5.91 Å². The maximum absolute atomic E-state index is 13.1. The van der Waals surface area contributed by atoms with E-state index in [-0.39, 0.29) is 17.9 Å². The summed E-state index contributed by atoms with van der Waals surface area (Å²) in [6.45, 7) is 5.87. The molecule has 1 fully saturated rings. The van der Waals surface area contributed by atoms with Crippen LogP contribution in [-0.4, -0.2) is 43.0 Å². The molecule has 0 aromatic carbocycles. The Bertz CT molecular complexity index is 952. The number of likely N-dealkylation sites (tertiary alicyclic amines) is 1. The summed E-state index contributed by atoms with van der Waals surface area (Å²) in [4.78, 5) is 19.4. The molecule has 1 unspecified atom stereocenters. The van der Waals surface area contributed by atoms with Gasteiger partial charge in [-0.25, -0.2) is 0 Å². The Hall–Kier alpha value is -2.80.